The number of urea groups is 1. The smallest absolute Gasteiger partial charge is 0.317 e. The van der Waals surface area contributed by atoms with Crippen LogP contribution in [0.2, 0.25) is 0 Å². The predicted octanol–water partition coefficient (Wildman–Crippen LogP) is 0.654. The molecule has 1 fully saturated rings. The molecule has 0 bridgehead atoms. The molecule has 18 heavy (non-hydrogen) atoms. The minimum Gasteiger partial charge on any atom is -0.481 e. The van der Waals surface area contributed by atoms with Gasteiger partial charge in [-0.15, -0.1) is 0 Å². The van der Waals surface area contributed by atoms with Crippen molar-refractivity contribution in [3.63, 3.8) is 0 Å². The number of hydrogen-bond acceptors (Lipinski definition) is 3. The number of aliphatic carboxylic acids is 1. The third-order valence-electron chi connectivity index (χ3n) is 3.40. The molecule has 2 unspecified atom stereocenters. The van der Waals surface area contributed by atoms with Gasteiger partial charge in [0.25, 0.3) is 0 Å². The number of nitrogens with zero attached hydrogens (tertiary/aromatic N) is 1. The van der Waals surface area contributed by atoms with E-state index in [-0.39, 0.29) is 18.7 Å². The van der Waals surface area contributed by atoms with Crippen LogP contribution in [0.15, 0.2) is 0 Å². The first-order valence-electron chi connectivity index (χ1n) is 6.49. The standard InChI is InChI=1S/C12H22N2O4/c1-2-14(7-4-8-15)12(18)13-10-6-3-5-9(10)11(16)17/h9-10,15H,2-8H2,1H3,(H,13,18)(H,16,17). The average molecular weight is 258 g/mol. The summed E-state index contributed by atoms with van der Waals surface area (Å²) in [7, 11) is 0. The summed E-state index contributed by atoms with van der Waals surface area (Å²) in [5.74, 6) is -1.30. The molecule has 3 N–H and O–H groups in total. The zero-order valence-electron chi connectivity index (χ0n) is 10.8. The molecule has 0 aromatic heterocycles. The number of carboxylic acids is 1. The van der Waals surface area contributed by atoms with E-state index in [1.807, 2.05) is 6.92 Å². The van der Waals surface area contributed by atoms with Crippen molar-refractivity contribution < 1.29 is 19.8 Å². The Bertz CT molecular complexity index is 296. The Balaban J connectivity index is 2.49. The number of nitrogens with one attached hydrogen (secondary N) is 1. The van der Waals surface area contributed by atoms with Crippen LogP contribution in [-0.4, -0.2) is 52.9 Å². The van der Waals surface area contributed by atoms with Gasteiger partial charge < -0.3 is 20.4 Å². The molecule has 0 heterocycles. The van der Waals surface area contributed by atoms with Gasteiger partial charge in [0.2, 0.25) is 0 Å². The Kier molecular flexibility index (Phi) is 5.91. The van der Waals surface area contributed by atoms with Crippen LogP contribution in [-0.2, 0) is 4.79 Å². The van der Waals surface area contributed by atoms with E-state index in [9.17, 15) is 9.59 Å². The van der Waals surface area contributed by atoms with Gasteiger partial charge in [0.05, 0.1) is 5.92 Å². The van der Waals surface area contributed by atoms with Crippen LogP contribution < -0.4 is 5.32 Å². The van der Waals surface area contributed by atoms with E-state index >= 15 is 0 Å². The van der Waals surface area contributed by atoms with Crippen molar-refractivity contribution in [3.8, 4) is 0 Å². The molecule has 2 amide bonds. The van der Waals surface area contributed by atoms with Gasteiger partial charge in [-0.1, -0.05) is 6.42 Å². The van der Waals surface area contributed by atoms with E-state index in [1.165, 1.54) is 0 Å². The minimum atomic E-state index is -0.837. The Morgan fingerprint density at radius 2 is 2.11 bits per heavy atom. The molecule has 0 aliphatic heterocycles. The third-order valence-corrected chi connectivity index (χ3v) is 3.40. The minimum absolute atomic E-state index is 0.0466. The summed E-state index contributed by atoms with van der Waals surface area (Å²) in [6.45, 7) is 2.95. The van der Waals surface area contributed by atoms with Crippen LogP contribution in [0.5, 0.6) is 0 Å². The number of carboxylic acid groups (broad SMARTS) is 1. The highest BCUT2D eigenvalue weighted by Crippen LogP contribution is 2.25. The van der Waals surface area contributed by atoms with Crippen molar-refractivity contribution in [2.24, 2.45) is 5.92 Å². The zero-order valence-corrected chi connectivity index (χ0v) is 10.8. The van der Waals surface area contributed by atoms with Crippen molar-refractivity contribution in [2.75, 3.05) is 19.7 Å². The van der Waals surface area contributed by atoms with Gasteiger partial charge in [0.1, 0.15) is 0 Å². The van der Waals surface area contributed by atoms with Gasteiger partial charge in [-0.3, -0.25) is 4.79 Å². The fourth-order valence-corrected chi connectivity index (χ4v) is 2.34. The molecule has 6 heteroatoms. The van der Waals surface area contributed by atoms with Crippen LogP contribution in [0.4, 0.5) is 4.79 Å². The molecule has 6 nitrogen and oxygen atoms in total. The number of aliphatic hydroxyl groups excluding tert-OH is 1. The SMILES string of the molecule is CCN(CCCO)C(=O)NC1CCCC1C(=O)O. The summed E-state index contributed by atoms with van der Waals surface area (Å²) in [5.41, 5.74) is 0. The molecule has 1 saturated carbocycles. The number of aliphatic hydroxyl groups is 1. The number of carbonyl (C=O) groups excluding carboxylic acids is 1. The molecule has 0 aromatic rings. The van der Waals surface area contributed by atoms with Gasteiger partial charge in [-0.2, -0.15) is 0 Å². The lowest BCUT2D eigenvalue weighted by molar-refractivity contribution is -0.142. The first kappa shape index (κ1) is 14.8. The van der Waals surface area contributed by atoms with Crippen LogP contribution in [0.25, 0.3) is 0 Å². The maximum atomic E-state index is 11.9. The second kappa shape index (κ2) is 7.20. The first-order valence-corrected chi connectivity index (χ1v) is 6.49. The van der Waals surface area contributed by atoms with Gasteiger partial charge in [-0.05, 0) is 26.2 Å². The Labute approximate surface area is 107 Å². The summed E-state index contributed by atoms with van der Waals surface area (Å²) >= 11 is 0. The Morgan fingerprint density at radius 3 is 2.67 bits per heavy atom. The highest BCUT2D eigenvalue weighted by molar-refractivity contribution is 5.77. The average Bonchev–Trinajstić information content (AvgIpc) is 2.78. The van der Waals surface area contributed by atoms with Crippen LogP contribution in [0.3, 0.4) is 0 Å². The molecule has 104 valence electrons. The fourth-order valence-electron chi connectivity index (χ4n) is 2.34. The summed E-state index contributed by atoms with van der Waals surface area (Å²) < 4.78 is 0. The van der Waals surface area contributed by atoms with Gasteiger partial charge in [-0.25, -0.2) is 4.79 Å². The lowest BCUT2D eigenvalue weighted by atomic mass is 10.0. The van der Waals surface area contributed by atoms with Gasteiger partial charge >= 0.3 is 12.0 Å². The molecule has 2 atom stereocenters. The number of carbonyl (C=O) groups is 2. The molecular weight excluding hydrogens is 236 g/mol. The fraction of sp³-hybridized carbons (Fsp3) is 0.833. The summed E-state index contributed by atoms with van der Waals surface area (Å²) in [6.07, 6.45) is 2.72. The second-order valence-corrected chi connectivity index (χ2v) is 4.59. The number of rotatable bonds is 6. The second-order valence-electron chi connectivity index (χ2n) is 4.59. The molecular formula is C12H22N2O4. The maximum absolute atomic E-state index is 11.9. The summed E-state index contributed by atoms with van der Waals surface area (Å²) in [5, 5.41) is 20.6. The highest BCUT2D eigenvalue weighted by Gasteiger charge is 2.34. The van der Waals surface area contributed by atoms with Crippen LogP contribution in [0.1, 0.15) is 32.6 Å². The number of amides is 2. The molecule has 1 rings (SSSR count). The summed E-state index contributed by atoms with van der Waals surface area (Å²) in [4.78, 5) is 24.5. The van der Waals surface area contributed by atoms with Crippen LogP contribution >= 0.6 is 0 Å². The lowest BCUT2D eigenvalue weighted by Gasteiger charge is -2.25. The zero-order chi connectivity index (χ0) is 13.5. The van der Waals surface area contributed by atoms with E-state index in [0.717, 1.165) is 12.8 Å². The largest absolute Gasteiger partial charge is 0.481 e. The van der Waals surface area contributed by atoms with Crippen molar-refractivity contribution in [3.05, 3.63) is 0 Å². The Morgan fingerprint density at radius 1 is 1.39 bits per heavy atom. The molecule has 0 saturated heterocycles. The first-order chi connectivity index (χ1) is 8.60. The molecule has 1 aliphatic rings. The molecule has 1 aliphatic carbocycles. The van der Waals surface area contributed by atoms with Gasteiger partial charge in [0, 0.05) is 25.7 Å². The molecule has 0 aromatic carbocycles. The van der Waals surface area contributed by atoms with Crippen LogP contribution in [0, 0.1) is 5.92 Å². The predicted molar refractivity (Wildman–Crippen MR) is 66.2 cm³/mol. The topological polar surface area (TPSA) is 89.9 Å². The van der Waals surface area contributed by atoms with Crippen molar-refractivity contribution in [1.29, 1.82) is 0 Å². The lowest BCUT2D eigenvalue weighted by Crippen LogP contribution is -2.47. The highest BCUT2D eigenvalue weighted by atomic mass is 16.4. The monoisotopic (exact) mass is 258 g/mol. The third kappa shape index (κ3) is 3.87. The van der Waals surface area contributed by atoms with E-state index in [1.54, 1.807) is 4.90 Å². The van der Waals surface area contributed by atoms with Gasteiger partial charge in [0.15, 0.2) is 0 Å². The number of hydrogen-bond donors (Lipinski definition) is 3. The normalized spacial score (nSPS) is 22.8. The van der Waals surface area contributed by atoms with E-state index in [4.69, 9.17) is 10.2 Å². The van der Waals surface area contributed by atoms with Crippen molar-refractivity contribution in [2.45, 2.75) is 38.6 Å². The van der Waals surface area contributed by atoms with E-state index in [2.05, 4.69) is 5.32 Å². The molecule has 0 radical (unpaired) electrons. The molecule has 0 spiro atoms. The van der Waals surface area contributed by atoms with Crippen molar-refractivity contribution in [1.82, 2.24) is 10.2 Å². The quantitative estimate of drug-likeness (QED) is 0.652. The Hall–Kier alpha value is -1.30. The maximum Gasteiger partial charge on any atom is 0.317 e. The van der Waals surface area contributed by atoms with E-state index < -0.39 is 11.9 Å². The summed E-state index contributed by atoms with van der Waals surface area (Å²) in [6, 6.07) is -0.498. The van der Waals surface area contributed by atoms with Crippen molar-refractivity contribution >= 4 is 12.0 Å². The van der Waals surface area contributed by atoms with E-state index in [0.29, 0.717) is 25.9 Å².